The zero-order chi connectivity index (χ0) is 12.3. The molecule has 0 radical (unpaired) electrons. The van der Waals surface area contributed by atoms with Gasteiger partial charge in [0.05, 0.1) is 6.04 Å². The second-order valence-corrected chi connectivity index (χ2v) is 4.22. The lowest BCUT2D eigenvalue weighted by Crippen LogP contribution is -2.18. The predicted octanol–water partition coefficient (Wildman–Crippen LogP) is 2.78. The highest BCUT2D eigenvalue weighted by molar-refractivity contribution is 5.51. The summed E-state index contributed by atoms with van der Waals surface area (Å²) in [5.74, 6) is 1.37. The molecule has 2 N–H and O–H groups in total. The molecule has 0 aliphatic rings. The predicted molar refractivity (Wildman–Crippen MR) is 66.1 cm³/mol. The molecular formula is C13H17N3O. The Kier molecular flexibility index (Phi) is 3.54. The zero-order valence-electron chi connectivity index (χ0n) is 10.1. The van der Waals surface area contributed by atoms with Crippen LogP contribution in [0.15, 0.2) is 34.7 Å². The van der Waals surface area contributed by atoms with Crippen LogP contribution in [-0.2, 0) is 0 Å². The van der Waals surface area contributed by atoms with E-state index in [-0.39, 0.29) is 6.04 Å². The van der Waals surface area contributed by atoms with Gasteiger partial charge in [-0.15, -0.1) is 10.2 Å². The molecule has 17 heavy (non-hydrogen) atoms. The maximum atomic E-state index is 6.04. The van der Waals surface area contributed by atoms with Crippen LogP contribution in [0.1, 0.15) is 32.2 Å². The van der Waals surface area contributed by atoms with Crippen molar-refractivity contribution in [1.29, 1.82) is 0 Å². The van der Waals surface area contributed by atoms with Crippen molar-refractivity contribution in [3.63, 3.8) is 0 Å². The summed E-state index contributed by atoms with van der Waals surface area (Å²) in [4.78, 5) is 0. The molecule has 0 spiro atoms. The van der Waals surface area contributed by atoms with Crippen LogP contribution in [0.25, 0.3) is 11.5 Å². The SMILES string of the molecule is CC[C@@H](C)[C@H](N)c1nnc(-c2ccccc2)o1. The van der Waals surface area contributed by atoms with Gasteiger partial charge in [-0.25, -0.2) is 0 Å². The first-order valence-electron chi connectivity index (χ1n) is 5.86. The lowest BCUT2D eigenvalue weighted by atomic mass is 10.0. The molecule has 1 aromatic heterocycles. The van der Waals surface area contributed by atoms with Crippen molar-refractivity contribution in [3.05, 3.63) is 36.2 Å². The summed E-state index contributed by atoms with van der Waals surface area (Å²) in [6.45, 7) is 4.18. The highest BCUT2D eigenvalue weighted by Gasteiger charge is 2.19. The Morgan fingerprint density at radius 2 is 1.94 bits per heavy atom. The van der Waals surface area contributed by atoms with E-state index < -0.39 is 0 Å². The maximum Gasteiger partial charge on any atom is 0.247 e. The second kappa shape index (κ2) is 5.10. The highest BCUT2D eigenvalue weighted by atomic mass is 16.4. The molecule has 2 rings (SSSR count). The van der Waals surface area contributed by atoms with Gasteiger partial charge in [0.1, 0.15) is 0 Å². The van der Waals surface area contributed by atoms with E-state index in [4.69, 9.17) is 10.2 Å². The number of nitrogens with two attached hydrogens (primary N) is 1. The molecule has 0 fully saturated rings. The van der Waals surface area contributed by atoms with Gasteiger partial charge in [-0.1, -0.05) is 38.5 Å². The van der Waals surface area contributed by atoms with Gasteiger partial charge < -0.3 is 10.2 Å². The van der Waals surface area contributed by atoms with E-state index in [0.29, 0.717) is 17.7 Å². The summed E-state index contributed by atoms with van der Waals surface area (Å²) in [6, 6.07) is 9.51. The number of aromatic nitrogens is 2. The van der Waals surface area contributed by atoms with E-state index >= 15 is 0 Å². The van der Waals surface area contributed by atoms with Gasteiger partial charge in [0.2, 0.25) is 11.8 Å². The van der Waals surface area contributed by atoms with E-state index in [0.717, 1.165) is 12.0 Å². The molecule has 1 aromatic carbocycles. The summed E-state index contributed by atoms with van der Waals surface area (Å²) in [7, 11) is 0. The number of benzene rings is 1. The van der Waals surface area contributed by atoms with Crippen molar-refractivity contribution in [3.8, 4) is 11.5 Å². The van der Waals surface area contributed by atoms with Crippen molar-refractivity contribution in [2.75, 3.05) is 0 Å². The van der Waals surface area contributed by atoms with Gasteiger partial charge >= 0.3 is 0 Å². The fourth-order valence-corrected chi connectivity index (χ4v) is 1.56. The first-order valence-corrected chi connectivity index (χ1v) is 5.86. The monoisotopic (exact) mass is 231 g/mol. The third kappa shape index (κ3) is 2.53. The van der Waals surface area contributed by atoms with Gasteiger partial charge in [0.15, 0.2) is 0 Å². The fraction of sp³-hybridized carbons (Fsp3) is 0.385. The summed E-state index contributed by atoms with van der Waals surface area (Å²) in [5.41, 5.74) is 6.96. The molecule has 0 amide bonds. The van der Waals surface area contributed by atoms with Crippen LogP contribution in [-0.4, -0.2) is 10.2 Å². The fourth-order valence-electron chi connectivity index (χ4n) is 1.56. The summed E-state index contributed by atoms with van der Waals surface area (Å²) < 4.78 is 5.61. The zero-order valence-corrected chi connectivity index (χ0v) is 10.1. The van der Waals surface area contributed by atoms with Gasteiger partial charge in [-0.2, -0.15) is 0 Å². The molecule has 0 aliphatic heterocycles. The number of hydrogen-bond acceptors (Lipinski definition) is 4. The topological polar surface area (TPSA) is 64.9 Å². The average Bonchev–Trinajstić information content (AvgIpc) is 2.87. The lowest BCUT2D eigenvalue weighted by Gasteiger charge is -2.13. The molecular weight excluding hydrogens is 214 g/mol. The summed E-state index contributed by atoms with van der Waals surface area (Å²) >= 11 is 0. The largest absolute Gasteiger partial charge is 0.419 e. The Morgan fingerprint density at radius 3 is 2.59 bits per heavy atom. The van der Waals surface area contributed by atoms with E-state index in [1.165, 1.54) is 0 Å². The van der Waals surface area contributed by atoms with Crippen LogP contribution in [0.3, 0.4) is 0 Å². The molecule has 1 heterocycles. The van der Waals surface area contributed by atoms with Crippen LogP contribution in [0.2, 0.25) is 0 Å². The minimum atomic E-state index is -0.190. The number of nitrogens with zero attached hydrogens (tertiary/aromatic N) is 2. The first-order chi connectivity index (χ1) is 8.22. The van der Waals surface area contributed by atoms with E-state index in [1.54, 1.807) is 0 Å². The normalized spacial score (nSPS) is 14.5. The summed E-state index contributed by atoms with van der Waals surface area (Å²) in [6.07, 6.45) is 0.990. The molecule has 90 valence electrons. The van der Waals surface area contributed by atoms with E-state index in [9.17, 15) is 0 Å². The molecule has 4 nitrogen and oxygen atoms in total. The molecule has 0 aliphatic carbocycles. The van der Waals surface area contributed by atoms with Gasteiger partial charge in [0, 0.05) is 5.56 Å². The van der Waals surface area contributed by atoms with Crippen molar-refractivity contribution >= 4 is 0 Å². The molecule has 2 aromatic rings. The van der Waals surface area contributed by atoms with E-state index in [2.05, 4.69) is 24.0 Å². The van der Waals surface area contributed by atoms with Crippen molar-refractivity contribution in [2.24, 2.45) is 11.7 Å². The van der Waals surface area contributed by atoms with Gasteiger partial charge in [-0.3, -0.25) is 0 Å². The Bertz CT molecular complexity index is 467. The Labute approximate surface area is 101 Å². The maximum absolute atomic E-state index is 6.04. The van der Waals surface area contributed by atoms with Crippen molar-refractivity contribution in [1.82, 2.24) is 10.2 Å². The van der Waals surface area contributed by atoms with Crippen molar-refractivity contribution in [2.45, 2.75) is 26.3 Å². The Hall–Kier alpha value is -1.68. The quantitative estimate of drug-likeness (QED) is 0.878. The highest BCUT2D eigenvalue weighted by Crippen LogP contribution is 2.24. The molecule has 0 unspecified atom stereocenters. The van der Waals surface area contributed by atoms with E-state index in [1.807, 2.05) is 30.3 Å². The smallest absolute Gasteiger partial charge is 0.247 e. The average molecular weight is 231 g/mol. The van der Waals surface area contributed by atoms with Crippen LogP contribution in [0.4, 0.5) is 0 Å². The third-order valence-corrected chi connectivity index (χ3v) is 3.00. The lowest BCUT2D eigenvalue weighted by molar-refractivity contribution is 0.368. The standard InChI is InChI=1S/C13H17N3O/c1-3-9(2)11(14)13-16-15-12(17-13)10-7-5-4-6-8-10/h4-9,11H,3,14H2,1-2H3/t9-,11+/m1/s1. The molecule has 0 saturated carbocycles. The Balaban J connectivity index is 2.22. The molecule has 4 heteroatoms. The van der Waals surface area contributed by atoms with Crippen LogP contribution in [0.5, 0.6) is 0 Å². The molecule has 0 bridgehead atoms. The van der Waals surface area contributed by atoms with Crippen molar-refractivity contribution < 1.29 is 4.42 Å². The number of hydrogen-bond donors (Lipinski definition) is 1. The molecule has 2 atom stereocenters. The van der Waals surface area contributed by atoms with Crippen LogP contribution >= 0.6 is 0 Å². The summed E-state index contributed by atoms with van der Waals surface area (Å²) in [5, 5.41) is 8.05. The third-order valence-electron chi connectivity index (χ3n) is 3.00. The molecule has 0 saturated heterocycles. The minimum Gasteiger partial charge on any atom is -0.419 e. The van der Waals surface area contributed by atoms with Gasteiger partial charge in [0.25, 0.3) is 0 Å². The first kappa shape index (κ1) is 11.8. The second-order valence-electron chi connectivity index (χ2n) is 4.22. The van der Waals surface area contributed by atoms with Crippen LogP contribution in [0, 0.1) is 5.92 Å². The van der Waals surface area contributed by atoms with Gasteiger partial charge in [-0.05, 0) is 18.1 Å². The minimum absolute atomic E-state index is 0.190. The number of rotatable bonds is 4. The van der Waals surface area contributed by atoms with Crippen LogP contribution < -0.4 is 5.73 Å². The Morgan fingerprint density at radius 1 is 1.24 bits per heavy atom.